The molecule has 0 aliphatic heterocycles. The quantitative estimate of drug-likeness (QED) is 0.633. The van der Waals surface area contributed by atoms with Gasteiger partial charge < -0.3 is 5.32 Å². The number of alkyl halides is 1. The molecule has 0 radical (unpaired) electrons. The Morgan fingerprint density at radius 3 is 2.33 bits per heavy atom. The normalized spacial score (nSPS) is 14.8. The second-order valence-electron chi connectivity index (χ2n) is 4.51. The standard InChI is InChI=1S/C10H22FN/c1-9(10(2,3)4)8-12-7-5-6-11/h9,12H,5-8H2,1-4H3. The van der Waals surface area contributed by atoms with E-state index in [1.54, 1.807) is 0 Å². The van der Waals surface area contributed by atoms with Crippen LogP contribution in [0.4, 0.5) is 4.39 Å². The van der Waals surface area contributed by atoms with Gasteiger partial charge in [0.05, 0.1) is 6.67 Å². The summed E-state index contributed by atoms with van der Waals surface area (Å²) in [5.41, 5.74) is 0.350. The lowest BCUT2D eigenvalue weighted by molar-refractivity contribution is 0.252. The van der Waals surface area contributed by atoms with Crippen LogP contribution >= 0.6 is 0 Å². The molecular formula is C10H22FN. The van der Waals surface area contributed by atoms with Crippen molar-refractivity contribution in [2.24, 2.45) is 11.3 Å². The molecular weight excluding hydrogens is 153 g/mol. The third-order valence-electron chi connectivity index (χ3n) is 2.42. The van der Waals surface area contributed by atoms with Crippen molar-refractivity contribution < 1.29 is 4.39 Å². The molecule has 0 saturated heterocycles. The minimum Gasteiger partial charge on any atom is -0.316 e. The molecule has 0 aromatic carbocycles. The molecule has 1 atom stereocenters. The van der Waals surface area contributed by atoms with Crippen molar-refractivity contribution in [1.82, 2.24) is 5.32 Å². The van der Waals surface area contributed by atoms with Crippen LogP contribution in [0.1, 0.15) is 34.1 Å². The summed E-state index contributed by atoms with van der Waals surface area (Å²) in [4.78, 5) is 0. The van der Waals surface area contributed by atoms with Crippen molar-refractivity contribution in [3.8, 4) is 0 Å². The first-order chi connectivity index (χ1) is 5.48. The summed E-state index contributed by atoms with van der Waals surface area (Å²) in [5, 5.41) is 3.25. The lowest BCUT2D eigenvalue weighted by atomic mass is 9.82. The number of nitrogens with one attached hydrogen (secondary N) is 1. The Balaban J connectivity index is 3.38. The van der Waals surface area contributed by atoms with Gasteiger partial charge in [0, 0.05) is 0 Å². The molecule has 0 saturated carbocycles. The predicted molar refractivity (Wildman–Crippen MR) is 52.1 cm³/mol. The average molecular weight is 175 g/mol. The molecule has 74 valence electrons. The molecule has 0 bridgehead atoms. The molecule has 0 heterocycles. The zero-order chi connectivity index (χ0) is 9.61. The maximum absolute atomic E-state index is 11.7. The van der Waals surface area contributed by atoms with Gasteiger partial charge in [-0.1, -0.05) is 27.7 Å². The fourth-order valence-corrected chi connectivity index (χ4v) is 0.817. The Morgan fingerprint density at radius 1 is 1.33 bits per heavy atom. The van der Waals surface area contributed by atoms with E-state index in [1.165, 1.54) is 0 Å². The van der Waals surface area contributed by atoms with Crippen molar-refractivity contribution in [2.75, 3.05) is 19.8 Å². The molecule has 0 rings (SSSR count). The van der Waals surface area contributed by atoms with Crippen molar-refractivity contribution in [3.63, 3.8) is 0 Å². The van der Waals surface area contributed by atoms with Gasteiger partial charge in [0.25, 0.3) is 0 Å². The zero-order valence-corrected chi connectivity index (χ0v) is 8.78. The summed E-state index contributed by atoms with van der Waals surface area (Å²) in [6, 6.07) is 0. The van der Waals surface area contributed by atoms with Gasteiger partial charge in [-0.15, -0.1) is 0 Å². The Morgan fingerprint density at radius 2 is 1.92 bits per heavy atom. The van der Waals surface area contributed by atoms with Crippen LogP contribution in [-0.4, -0.2) is 19.8 Å². The van der Waals surface area contributed by atoms with E-state index in [1.807, 2.05) is 0 Å². The zero-order valence-electron chi connectivity index (χ0n) is 8.78. The van der Waals surface area contributed by atoms with Crippen molar-refractivity contribution in [3.05, 3.63) is 0 Å². The van der Waals surface area contributed by atoms with Crippen LogP contribution < -0.4 is 5.32 Å². The third-order valence-corrected chi connectivity index (χ3v) is 2.42. The van der Waals surface area contributed by atoms with E-state index in [4.69, 9.17) is 0 Å². The van der Waals surface area contributed by atoms with E-state index in [2.05, 4.69) is 33.0 Å². The molecule has 0 aromatic heterocycles. The van der Waals surface area contributed by atoms with Crippen LogP contribution in [0, 0.1) is 11.3 Å². The first kappa shape index (κ1) is 11.9. The lowest BCUT2D eigenvalue weighted by Gasteiger charge is -2.27. The molecule has 0 aromatic rings. The first-order valence-corrected chi connectivity index (χ1v) is 4.75. The van der Waals surface area contributed by atoms with E-state index in [9.17, 15) is 4.39 Å². The summed E-state index contributed by atoms with van der Waals surface area (Å²) >= 11 is 0. The average Bonchev–Trinajstić information content (AvgIpc) is 1.96. The summed E-state index contributed by atoms with van der Waals surface area (Å²) in [6.07, 6.45) is 0.636. The van der Waals surface area contributed by atoms with Crippen LogP contribution in [0.15, 0.2) is 0 Å². The minimum absolute atomic E-state index is 0.211. The summed E-state index contributed by atoms with van der Waals surface area (Å²) in [6.45, 7) is 10.5. The van der Waals surface area contributed by atoms with Crippen LogP contribution in [0.25, 0.3) is 0 Å². The third kappa shape index (κ3) is 5.53. The van der Waals surface area contributed by atoms with E-state index in [0.717, 1.165) is 13.1 Å². The van der Waals surface area contributed by atoms with Crippen LogP contribution in [0.3, 0.4) is 0 Å². The van der Waals surface area contributed by atoms with Gasteiger partial charge in [-0.25, -0.2) is 0 Å². The summed E-state index contributed by atoms with van der Waals surface area (Å²) < 4.78 is 11.7. The Kier molecular flexibility index (Phi) is 5.47. The van der Waals surface area contributed by atoms with Gasteiger partial charge in [-0.2, -0.15) is 0 Å². The fourth-order valence-electron chi connectivity index (χ4n) is 0.817. The van der Waals surface area contributed by atoms with Gasteiger partial charge in [-0.3, -0.25) is 4.39 Å². The largest absolute Gasteiger partial charge is 0.316 e. The van der Waals surface area contributed by atoms with E-state index in [0.29, 0.717) is 17.8 Å². The molecule has 0 fully saturated rings. The van der Waals surface area contributed by atoms with Crippen LogP contribution in [-0.2, 0) is 0 Å². The molecule has 1 nitrogen and oxygen atoms in total. The molecule has 0 amide bonds. The molecule has 2 heteroatoms. The SMILES string of the molecule is CC(CNCCCF)C(C)(C)C. The molecule has 1 unspecified atom stereocenters. The molecule has 0 spiro atoms. The van der Waals surface area contributed by atoms with Gasteiger partial charge in [0.15, 0.2) is 0 Å². The highest BCUT2D eigenvalue weighted by Gasteiger charge is 2.18. The van der Waals surface area contributed by atoms with Crippen molar-refractivity contribution in [2.45, 2.75) is 34.1 Å². The fraction of sp³-hybridized carbons (Fsp3) is 1.00. The van der Waals surface area contributed by atoms with E-state index >= 15 is 0 Å². The maximum atomic E-state index is 11.7. The van der Waals surface area contributed by atoms with Gasteiger partial charge >= 0.3 is 0 Å². The monoisotopic (exact) mass is 175 g/mol. The van der Waals surface area contributed by atoms with Crippen LogP contribution in [0.5, 0.6) is 0 Å². The van der Waals surface area contributed by atoms with Gasteiger partial charge in [-0.05, 0) is 30.8 Å². The highest BCUT2D eigenvalue weighted by atomic mass is 19.1. The van der Waals surface area contributed by atoms with E-state index < -0.39 is 0 Å². The first-order valence-electron chi connectivity index (χ1n) is 4.75. The highest BCUT2D eigenvalue weighted by molar-refractivity contribution is 4.71. The molecule has 0 aliphatic rings. The second kappa shape index (κ2) is 5.52. The van der Waals surface area contributed by atoms with Crippen molar-refractivity contribution in [1.29, 1.82) is 0 Å². The molecule has 12 heavy (non-hydrogen) atoms. The van der Waals surface area contributed by atoms with Gasteiger partial charge in [0.2, 0.25) is 0 Å². The molecule has 1 N–H and O–H groups in total. The Labute approximate surface area is 75.7 Å². The Hall–Kier alpha value is -0.110. The topological polar surface area (TPSA) is 12.0 Å². The van der Waals surface area contributed by atoms with Crippen molar-refractivity contribution >= 4 is 0 Å². The second-order valence-corrected chi connectivity index (χ2v) is 4.51. The minimum atomic E-state index is -0.211. The van der Waals surface area contributed by atoms with E-state index in [-0.39, 0.29) is 6.67 Å². The summed E-state index contributed by atoms with van der Waals surface area (Å²) in [7, 11) is 0. The summed E-state index contributed by atoms with van der Waals surface area (Å²) in [5.74, 6) is 0.636. The van der Waals surface area contributed by atoms with Crippen LogP contribution in [0.2, 0.25) is 0 Å². The molecule has 0 aliphatic carbocycles. The number of halogens is 1. The number of rotatable bonds is 5. The number of hydrogen-bond acceptors (Lipinski definition) is 1. The van der Waals surface area contributed by atoms with Gasteiger partial charge in [0.1, 0.15) is 0 Å². The smallest absolute Gasteiger partial charge is 0.0906 e. The maximum Gasteiger partial charge on any atom is 0.0906 e. The number of hydrogen-bond donors (Lipinski definition) is 1. The predicted octanol–water partition coefficient (Wildman–Crippen LogP) is 2.62. The lowest BCUT2D eigenvalue weighted by Crippen LogP contribution is -2.30. The Bertz CT molecular complexity index is 107. The highest BCUT2D eigenvalue weighted by Crippen LogP contribution is 2.24.